The maximum atomic E-state index is 13.2. The van der Waals surface area contributed by atoms with Gasteiger partial charge in [-0.05, 0) is 61.3 Å². The van der Waals surface area contributed by atoms with Crippen LogP contribution in [0.1, 0.15) is 28.3 Å². The monoisotopic (exact) mass is 311 g/mol. The molecule has 0 saturated heterocycles. The third-order valence-corrected chi connectivity index (χ3v) is 4.16. The van der Waals surface area contributed by atoms with Crippen LogP contribution in [-0.4, -0.2) is 7.05 Å². The third-order valence-electron chi connectivity index (χ3n) is 3.42. The zero-order chi connectivity index (χ0) is 14.9. The molecule has 2 rings (SSSR count). The van der Waals surface area contributed by atoms with Crippen molar-refractivity contribution in [2.75, 3.05) is 7.05 Å². The molecule has 4 heteroatoms. The standard InChI is InChI=1S/C16H16Cl2FN/c1-9-7-14(17)10(2)6-13(9)16(20-3)12-5-4-11(19)8-15(12)18/h4-8,16,20H,1-3H3. The predicted molar refractivity (Wildman–Crippen MR) is 83.2 cm³/mol. The molecule has 0 aliphatic heterocycles. The summed E-state index contributed by atoms with van der Waals surface area (Å²) in [6.07, 6.45) is 0. The molecule has 106 valence electrons. The van der Waals surface area contributed by atoms with Gasteiger partial charge in [-0.2, -0.15) is 0 Å². The van der Waals surface area contributed by atoms with E-state index in [-0.39, 0.29) is 11.9 Å². The first-order valence-corrected chi connectivity index (χ1v) is 7.08. The van der Waals surface area contributed by atoms with E-state index in [2.05, 4.69) is 5.32 Å². The zero-order valence-electron chi connectivity index (χ0n) is 11.6. The Hall–Kier alpha value is -1.09. The van der Waals surface area contributed by atoms with Crippen molar-refractivity contribution in [1.82, 2.24) is 5.32 Å². The number of nitrogens with one attached hydrogen (secondary N) is 1. The molecule has 0 radical (unpaired) electrons. The Morgan fingerprint density at radius 2 is 1.65 bits per heavy atom. The third kappa shape index (κ3) is 2.98. The quantitative estimate of drug-likeness (QED) is 0.835. The topological polar surface area (TPSA) is 12.0 Å². The van der Waals surface area contributed by atoms with Gasteiger partial charge in [0.2, 0.25) is 0 Å². The molecule has 0 spiro atoms. The first-order chi connectivity index (χ1) is 9.43. The van der Waals surface area contributed by atoms with E-state index >= 15 is 0 Å². The number of hydrogen-bond acceptors (Lipinski definition) is 1. The highest BCUT2D eigenvalue weighted by atomic mass is 35.5. The van der Waals surface area contributed by atoms with Crippen LogP contribution < -0.4 is 5.32 Å². The lowest BCUT2D eigenvalue weighted by Crippen LogP contribution is -2.19. The van der Waals surface area contributed by atoms with Crippen LogP contribution in [0.4, 0.5) is 4.39 Å². The van der Waals surface area contributed by atoms with Crippen molar-refractivity contribution >= 4 is 23.2 Å². The van der Waals surface area contributed by atoms with Crippen LogP contribution in [0.3, 0.4) is 0 Å². The van der Waals surface area contributed by atoms with Crippen molar-refractivity contribution in [2.45, 2.75) is 19.9 Å². The minimum Gasteiger partial charge on any atom is -0.309 e. The normalized spacial score (nSPS) is 12.5. The maximum absolute atomic E-state index is 13.2. The summed E-state index contributed by atoms with van der Waals surface area (Å²) in [7, 11) is 1.85. The average Bonchev–Trinajstić information content (AvgIpc) is 2.38. The fourth-order valence-electron chi connectivity index (χ4n) is 2.33. The van der Waals surface area contributed by atoms with Crippen LogP contribution in [0.5, 0.6) is 0 Å². The summed E-state index contributed by atoms with van der Waals surface area (Å²) in [5, 5.41) is 4.39. The molecule has 2 aromatic carbocycles. The van der Waals surface area contributed by atoms with Gasteiger partial charge >= 0.3 is 0 Å². The fourth-order valence-corrected chi connectivity index (χ4v) is 2.82. The second-order valence-corrected chi connectivity index (χ2v) is 5.66. The number of rotatable bonds is 3. The number of halogens is 3. The minimum atomic E-state index is -0.336. The van der Waals surface area contributed by atoms with Gasteiger partial charge in [0, 0.05) is 10.0 Å². The molecule has 1 N–H and O–H groups in total. The molecule has 0 bridgehead atoms. The Kier molecular flexibility index (Phi) is 4.69. The van der Waals surface area contributed by atoms with Crippen molar-refractivity contribution in [3.63, 3.8) is 0 Å². The lowest BCUT2D eigenvalue weighted by atomic mass is 9.93. The summed E-state index contributed by atoms with van der Waals surface area (Å²) in [6.45, 7) is 3.96. The Morgan fingerprint density at radius 1 is 0.950 bits per heavy atom. The largest absolute Gasteiger partial charge is 0.309 e. The summed E-state index contributed by atoms with van der Waals surface area (Å²) in [4.78, 5) is 0. The predicted octanol–water partition coefficient (Wildman–Crippen LogP) is 5.06. The van der Waals surface area contributed by atoms with E-state index in [9.17, 15) is 4.39 Å². The highest BCUT2D eigenvalue weighted by Crippen LogP contribution is 2.32. The molecule has 1 atom stereocenters. The molecule has 1 unspecified atom stereocenters. The second kappa shape index (κ2) is 6.13. The molecular weight excluding hydrogens is 296 g/mol. The lowest BCUT2D eigenvalue weighted by Gasteiger charge is -2.21. The van der Waals surface area contributed by atoms with Gasteiger partial charge in [0.1, 0.15) is 5.82 Å². The summed E-state index contributed by atoms with van der Waals surface area (Å²) in [5.41, 5.74) is 4.01. The summed E-state index contributed by atoms with van der Waals surface area (Å²) in [5.74, 6) is -0.336. The molecule has 20 heavy (non-hydrogen) atoms. The summed E-state index contributed by atoms with van der Waals surface area (Å²) in [6, 6.07) is 8.34. The first kappa shape index (κ1) is 15.3. The Morgan fingerprint density at radius 3 is 2.25 bits per heavy atom. The van der Waals surface area contributed by atoms with Crippen molar-refractivity contribution in [1.29, 1.82) is 0 Å². The van der Waals surface area contributed by atoms with E-state index in [0.29, 0.717) is 5.02 Å². The van der Waals surface area contributed by atoms with Crippen LogP contribution in [-0.2, 0) is 0 Å². The van der Waals surface area contributed by atoms with Crippen molar-refractivity contribution in [3.05, 3.63) is 68.4 Å². The van der Waals surface area contributed by atoms with E-state index in [4.69, 9.17) is 23.2 Å². The van der Waals surface area contributed by atoms with Crippen LogP contribution in [0, 0.1) is 19.7 Å². The van der Waals surface area contributed by atoms with E-state index < -0.39 is 0 Å². The van der Waals surface area contributed by atoms with Crippen LogP contribution >= 0.6 is 23.2 Å². The van der Waals surface area contributed by atoms with E-state index in [0.717, 1.165) is 27.3 Å². The maximum Gasteiger partial charge on any atom is 0.124 e. The van der Waals surface area contributed by atoms with Gasteiger partial charge in [-0.25, -0.2) is 4.39 Å². The highest BCUT2D eigenvalue weighted by molar-refractivity contribution is 6.31. The zero-order valence-corrected chi connectivity index (χ0v) is 13.1. The number of aryl methyl sites for hydroxylation is 2. The molecule has 0 aliphatic rings. The van der Waals surface area contributed by atoms with E-state index in [1.165, 1.54) is 12.1 Å². The Labute approximate surface area is 128 Å². The van der Waals surface area contributed by atoms with Crippen LogP contribution in [0.15, 0.2) is 30.3 Å². The second-order valence-electron chi connectivity index (χ2n) is 4.85. The number of hydrogen-bond donors (Lipinski definition) is 1. The molecule has 0 aromatic heterocycles. The lowest BCUT2D eigenvalue weighted by molar-refractivity contribution is 0.623. The van der Waals surface area contributed by atoms with E-state index in [1.807, 2.05) is 33.0 Å². The van der Waals surface area contributed by atoms with Gasteiger partial charge in [-0.15, -0.1) is 0 Å². The number of benzene rings is 2. The molecule has 2 aromatic rings. The highest BCUT2D eigenvalue weighted by Gasteiger charge is 2.18. The Balaban J connectivity index is 2.55. The first-order valence-electron chi connectivity index (χ1n) is 6.33. The van der Waals surface area contributed by atoms with Gasteiger partial charge in [-0.3, -0.25) is 0 Å². The van der Waals surface area contributed by atoms with Gasteiger partial charge in [-0.1, -0.05) is 35.3 Å². The van der Waals surface area contributed by atoms with Crippen LogP contribution in [0.25, 0.3) is 0 Å². The van der Waals surface area contributed by atoms with Gasteiger partial charge < -0.3 is 5.32 Å². The van der Waals surface area contributed by atoms with Crippen molar-refractivity contribution < 1.29 is 4.39 Å². The average molecular weight is 312 g/mol. The molecule has 1 nitrogen and oxygen atoms in total. The molecular formula is C16H16Cl2FN. The SMILES string of the molecule is CNC(c1cc(C)c(Cl)cc1C)c1ccc(F)cc1Cl. The van der Waals surface area contributed by atoms with Crippen molar-refractivity contribution in [3.8, 4) is 0 Å². The fraction of sp³-hybridized carbons (Fsp3) is 0.250. The van der Waals surface area contributed by atoms with Crippen LogP contribution in [0.2, 0.25) is 10.0 Å². The molecule has 0 heterocycles. The Bertz CT molecular complexity index is 641. The summed E-state index contributed by atoms with van der Waals surface area (Å²) < 4.78 is 13.2. The van der Waals surface area contributed by atoms with Gasteiger partial charge in [0.05, 0.1) is 6.04 Å². The van der Waals surface area contributed by atoms with Gasteiger partial charge in [0.25, 0.3) is 0 Å². The molecule has 0 fully saturated rings. The van der Waals surface area contributed by atoms with Crippen molar-refractivity contribution in [2.24, 2.45) is 0 Å². The molecule has 0 amide bonds. The molecule has 0 saturated carbocycles. The van der Waals surface area contributed by atoms with Gasteiger partial charge in [0.15, 0.2) is 0 Å². The summed E-state index contributed by atoms with van der Waals surface area (Å²) >= 11 is 12.3. The van der Waals surface area contributed by atoms with E-state index in [1.54, 1.807) is 6.07 Å². The minimum absolute atomic E-state index is 0.0981. The molecule has 0 aliphatic carbocycles. The smallest absolute Gasteiger partial charge is 0.124 e.